The number of hydrogen-bond acceptors (Lipinski definition) is 4. The van der Waals surface area contributed by atoms with E-state index >= 15 is 0 Å². The highest BCUT2D eigenvalue weighted by molar-refractivity contribution is 5.96. The Bertz CT molecular complexity index is 540. The first-order valence-corrected chi connectivity index (χ1v) is 5.20. The number of carboxylic acid groups (broad SMARTS) is 1. The van der Waals surface area contributed by atoms with Gasteiger partial charge in [0.1, 0.15) is 6.07 Å². The number of carboxylic acids is 1. The molecule has 0 spiro atoms. The Labute approximate surface area is 104 Å². The molecule has 0 amide bonds. The summed E-state index contributed by atoms with van der Waals surface area (Å²) in [7, 11) is 0. The van der Waals surface area contributed by atoms with Gasteiger partial charge < -0.3 is 9.84 Å². The number of rotatable bonds is 4. The number of aromatic carboxylic acids is 1. The van der Waals surface area contributed by atoms with E-state index in [1.54, 1.807) is 13.0 Å². The molecule has 1 aromatic rings. The number of nitrogens with zero attached hydrogens (tertiary/aromatic N) is 1. The van der Waals surface area contributed by atoms with Gasteiger partial charge in [0.2, 0.25) is 0 Å². The molecule has 5 heteroatoms. The lowest BCUT2D eigenvalue weighted by Crippen LogP contribution is -2.01. The molecule has 0 fully saturated rings. The number of benzene rings is 1. The van der Waals surface area contributed by atoms with Crippen LogP contribution < -0.4 is 0 Å². The van der Waals surface area contributed by atoms with Crippen molar-refractivity contribution in [1.29, 1.82) is 5.26 Å². The topological polar surface area (TPSA) is 87.4 Å². The zero-order chi connectivity index (χ0) is 13.5. The molecule has 0 bridgehead atoms. The first-order valence-electron chi connectivity index (χ1n) is 5.20. The zero-order valence-corrected chi connectivity index (χ0v) is 9.71. The molecule has 92 valence electrons. The Kier molecular flexibility index (Phi) is 4.64. The smallest absolute Gasteiger partial charge is 0.335 e. The lowest BCUT2D eigenvalue weighted by atomic mass is 10.0. The van der Waals surface area contributed by atoms with E-state index in [1.807, 2.05) is 6.07 Å². The fourth-order valence-electron chi connectivity index (χ4n) is 1.30. The quantitative estimate of drug-likeness (QED) is 0.497. The maximum absolute atomic E-state index is 11.2. The summed E-state index contributed by atoms with van der Waals surface area (Å²) in [6.45, 7) is 1.87. The first kappa shape index (κ1) is 13.5. The average molecular weight is 245 g/mol. The number of allylic oxidation sites excluding steroid dienone is 1. The fourth-order valence-corrected chi connectivity index (χ4v) is 1.30. The van der Waals surface area contributed by atoms with Crippen molar-refractivity contribution in [1.82, 2.24) is 0 Å². The van der Waals surface area contributed by atoms with Crippen LogP contribution in [-0.2, 0) is 9.53 Å². The lowest BCUT2D eigenvalue weighted by Gasteiger charge is -2.01. The van der Waals surface area contributed by atoms with Gasteiger partial charge in [-0.1, -0.05) is 12.1 Å². The number of ether oxygens (including phenoxy) is 1. The molecule has 0 unspecified atom stereocenters. The summed E-state index contributed by atoms with van der Waals surface area (Å²) in [6.07, 6.45) is 1.05. The third-order valence-electron chi connectivity index (χ3n) is 2.09. The minimum absolute atomic E-state index is 0.0532. The van der Waals surface area contributed by atoms with E-state index < -0.39 is 11.9 Å². The molecule has 1 N–H and O–H groups in total. The molecule has 0 aliphatic heterocycles. The zero-order valence-electron chi connectivity index (χ0n) is 9.71. The molecule has 0 aliphatic rings. The van der Waals surface area contributed by atoms with Crippen LogP contribution in [0.3, 0.4) is 0 Å². The molecule has 0 heterocycles. The van der Waals surface area contributed by atoms with Crippen LogP contribution in [0.25, 0.3) is 5.57 Å². The van der Waals surface area contributed by atoms with Gasteiger partial charge in [0.25, 0.3) is 0 Å². The molecule has 0 atom stereocenters. The SMILES string of the molecule is CCOC(=O)C=C(C#N)c1cccc(C(=O)O)c1. The molecular weight excluding hydrogens is 234 g/mol. The Hall–Kier alpha value is -2.61. The monoisotopic (exact) mass is 245 g/mol. The van der Waals surface area contributed by atoms with Crippen molar-refractivity contribution in [2.24, 2.45) is 0 Å². The van der Waals surface area contributed by atoms with Gasteiger partial charge in [-0.25, -0.2) is 9.59 Å². The summed E-state index contributed by atoms with van der Waals surface area (Å²) >= 11 is 0. The molecule has 0 radical (unpaired) electrons. The molecule has 0 saturated heterocycles. The van der Waals surface area contributed by atoms with Crippen LogP contribution in [0.4, 0.5) is 0 Å². The van der Waals surface area contributed by atoms with Gasteiger partial charge in [0.05, 0.1) is 17.7 Å². The van der Waals surface area contributed by atoms with Crippen LogP contribution in [0, 0.1) is 11.3 Å². The highest BCUT2D eigenvalue weighted by Gasteiger charge is 2.08. The van der Waals surface area contributed by atoms with Crippen molar-refractivity contribution in [3.05, 3.63) is 41.5 Å². The fraction of sp³-hybridized carbons (Fsp3) is 0.154. The van der Waals surface area contributed by atoms with E-state index in [4.69, 9.17) is 15.1 Å². The third kappa shape index (κ3) is 3.46. The van der Waals surface area contributed by atoms with Gasteiger partial charge in [0.15, 0.2) is 0 Å². The lowest BCUT2D eigenvalue weighted by molar-refractivity contribution is -0.137. The van der Waals surface area contributed by atoms with Crippen LogP contribution in [-0.4, -0.2) is 23.7 Å². The largest absolute Gasteiger partial charge is 0.478 e. The number of nitriles is 1. The Morgan fingerprint density at radius 2 is 2.11 bits per heavy atom. The van der Waals surface area contributed by atoms with Crippen molar-refractivity contribution in [3.8, 4) is 6.07 Å². The number of carbonyl (C=O) groups excluding carboxylic acids is 1. The van der Waals surface area contributed by atoms with E-state index in [-0.39, 0.29) is 17.7 Å². The van der Waals surface area contributed by atoms with E-state index in [9.17, 15) is 9.59 Å². The number of esters is 1. The molecular formula is C13H11NO4. The van der Waals surface area contributed by atoms with E-state index in [1.165, 1.54) is 18.2 Å². The predicted molar refractivity (Wildman–Crippen MR) is 63.6 cm³/mol. The van der Waals surface area contributed by atoms with Crippen molar-refractivity contribution in [2.45, 2.75) is 6.92 Å². The standard InChI is InChI=1S/C13H11NO4/c1-2-18-12(15)7-11(8-14)9-4-3-5-10(6-9)13(16)17/h3-7H,2H2,1H3,(H,16,17). The van der Waals surface area contributed by atoms with Crippen LogP contribution in [0.15, 0.2) is 30.3 Å². The summed E-state index contributed by atoms with van der Waals surface area (Å²) in [5, 5.41) is 17.8. The summed E-state index contributed by atoms with van der Waals surface area (Å²) in [6, 6.07) is 7.64. The van der Waals surface area contributed by atoms with Gasteiger partial charge >= 0.3 is 11.9 Å². The molecule has 1 aromatic carbocycles. The highest BCUT2D eigenvalue weighted by atomic mass is 16.5. The average Bonchev–Trinajstić information content (AvgIpc) is 2.36. The third-order valence-corrected chi connectivity index (χ3v) is 2.09. The van der Waals surface area contributed by atoms with Crippen molar-refractivity contribution in [3.63, 3.8) is 0 Å². The second-order valence-electron chi connectivity index (χ2n) is 3.31. The van der Waals surface area contributed by atoms with E-state index in [2.05, 4.69) is 0 Å². The van der Waals surface area contributed by atoms with Crippen LogP contribution in [0.1, 0.15) is 22.8 Å². The van der Waals surface area contributed by atoms with Crippen molar-refractivity contribution >= 4 is 17.5 Å². The maximum Gasteiger partial charge on any atom is 0.335 e. The Morgan fingerprint density at radius 3 is 2.67 bits per heavy atom. The van der Waals surface area contributed by atoms with Crippen LogP contribution in [0.2, 0.25) is 0 Å². The second kappa shape index (κ2) is 6.21. The van der Waals surface area contributed by atoms with Crippen LogP contribution >= 0.6 is 0 Å². The summed E-state index contributed by atoms with van der Waals surface area (Å²) in [5.41, 5.74) is 0.486. The minimum Gasteiger partial charge on any atom is -0.478 e. The summed E-state index contributed by atoms with van der Waals surface area (Å²) in [5.74, 6) is -1.72. The van der Waals surface area contributed by atoms with Gasteiger partial charge in [0, 0.05) is 6.08 Å². The maximum atomic E-state index is 11.2. The number of hydrogen-bond donors (Lipinski definition) is 1. The molecule has 1 rings (SSSR count). The van der Waals surface area contributed by atoms with Gasteiger partial charge in [-0.3, -0.25) is 0 Å². The molecule has 18 heavy (non-hydrogen) atoms. The molecule has 0 aromatic heterocycles. The Balaban J connectivity index is 3.10. The molecule has 0 aliphatic carbocycles. The van der Waals surface area contributed by atoms with Gasteiger partial charge in [-0.15, -0.1) is 0 Å². The van der Waals surface area contributed by atoms with Gasteiger partial charge in [-0.2, -0.15) is 5.26 Å². The van der Waals surface area contributed by atoms with Gasteiger partial charge in [-0.05, 0) is 24.6 Å². The summed E-state index contributed by atoms with van der Waals surface area (Å²) < 4.78 is 4.69. The minimum atomic E-state index is -1.09. The van der Waals surface area contributed by atoms with Crippen molar-refractivity contribution in [2.75, 3.05) is 6.61 Å². The highest BCUT2D eigenvalue weighted by Crippen LogP contribution is 2.15. The predicted octanol–water partition coefficient (Wildman–Crippen LogP) is 1.85. The van der Waals surface area contributed by atoms with E-state index in [0.717, 1.165) is 6.08 Å². The van der Waals surface area contributed by atoms with Crippen LogP contribution in [0.5, 0.6) is 0 Å². The van der Waals surface area contributed by atoms with Crippen molar-refractivity contribution < 1.29 is 19.4 Å². The molecule has 0 saturated carbocycles. The first-order chi connectivity index (χ1) is 8.58. The number of carbonyl (C=O) groups is 2. The van der Waals surface area contributed by atoms with E-state index in [0.29, 0.717) is 5.56 Å². The normalized spacial score (nSPS) is 10.6. The summed E-state index contributed by atoms with van der Waals surface area (Å²) in [4.78, 5) is 22.0. The molecule has 5 nitrogen and oxygen atoms in total. The Morgan fingerprint density at radius 1 is 1.44 bits per heavy atom. The second-order valence-corrected chi connectivity index (χ2v) is 3.31.